The standard InChI is InChI=1S/C15H22ClNO2/c1-10(2)15(4-5-15)9-17-8-11-6-12(16)7-13(19-3)14(11)18/h6-7,10,17-18H,4-5,8-9H2,1-3H3. The number of halogens is 1. The van der Waals surface area contributed by atoms with Gasteiger partial charge in [-0.25, -0.2) is 0 Å². The van der Waals surface area contributed by atoms with Crippen LogP contribution in [0, 0.1) is 11.3 Å². The summed E-state index contributed by atoms with van der Waals surface area (Å²) < 4.78 is 5.10. The van der Waals surface area contributed by atoms with E-state index in [2.05, 4.69) is 19.2 Å². The number of methoxy groups -OCH3 is 1. The maximum Gasteiger partial charge on any atom is 0.162 e. The summed E-state index contributed by atoms with van der Waals surface area (Å²) in [6.07, 6.45) is 2.59. The molecule has 1 aliphatic rings. The predicted octanol–water partition coefficient (Wildman–Crippen LogP) is 3.58. The fourth-order valence-electron chi connectivity index (χ4n) is 2.48. The van der Waals surface area contributed by atoms with Gasteiger partial charge in [0.2, 0.25) is 0 Å². The Balaban J connectivity index is 1.98. The number of benzene rings is 1. The van der Waals surface area contributed by atoms with Crippen LogP contribution in [-0.4, -0.2) is 18.8 Å². The normalized spacial score (nSPS) is 16.7. The number of rotatable bonds is 6. The molecule has 1 aromatic carbocycles. The highest BCUT2D eigenvalue weighted by molar-refractivity contribution is 6.30. The van der Waals surface area contributed by atoms with Gasteiger partial charge in [0.1, 0.15) is 0 Å². The summed E-state index contributed by atoms with van der Waals surface area (Å²) in [6, 6.07) is 3.40. The lowest BCUT2D eigenvalue weighted by molar-refractivity contribution is 0.334. The van der Waals surface area contributed by atoms with Crippen LogP contribution in [0.25, 0.3) is 0 Å². The van der Waals surface area contributed by atoms with Crippen LogP contribution >= 0.6 is 11.6 Å². The smallest absolute Gasteiger partial charge is 0.162 e. The lowest BCUT2D eigenvalue weighted by Crippen LogP contribution is -2.27. The predicted molar refractivity (Wildman–Crippen MR) is 77.9 cm³/mol. The van der Waals surface area contributed by atoms with Crippen molar-refractivity contribution in [3.05, 3.63) is 22.7 Å². The molecular weight excluding hydrogens is 262 g/mol. The molecule has 106 valence electrons. The molecule has 4 heteroatoms. The average molecular weight is 284 g/mol. The van der Waals surface area contributed by atoms with Crippen LogP contribution in [0.15, 0.2) is 12.1 Å². The molecule has 1 saturated carbocycles. The van der Waals surface area contributed by atoms with E-state index in [1.807, 2.05) is 0 Å². The second-order valence-electron chi connectivity index (χ2n) is 5.74. The van der Waals surface area contributed by atoms with Crippen molar-refractivity contribution in [3.8, 4) is 11.5 Å². The molecule has 0 saturated heterocycles. The summed E-state index contributed by atoms with van der Waals surface area (Å²) in [6.45, 7) is 6.14. The first-order valence-electron chi connectivity index (χ1n) is 6.74. The van der Waals surface area contributed by atoms with Crippen molar-refractivity contribution in [1.82, 2.24) is 5.32 Å². The van der Waals surface area contributed by atoms with E-state index < -0.39 is 0 Å². The molecule has 19 heavy (non-hydrogen) atoms. The summed E-state index contributed by atoms with van der Waals surface area (Å²) >= 11 is 6.01. The SMILES string of the molecule is COc1cc(Cl)cc(CNCC2(C(C)C)CC2)c1O. The van der Waals surface area contributed by atoms with E-state index in [-0.39, 0.29) is 5.75 Å². The molecule has 0 aliphatic heterocycles. The Bertz CT molecular complexity index is 456. The van der Waals surface area contributed by atoms with Crippen LogP contribution < -0.4 is 10.1 Å². The number of ether oxygens (including phenoxy) is 1. The zero-order valence-corrected chi connectivity index (χ0v) is 12.5. The lowest BCUT2D eigenvalue weighted by atomic mass is 9.92. The minimum absolute atomic E-state index is 0.175. The molecule has 0 aromatic heterocycles. The van der Waals surface area contributed by atoms with Gasteiger partial charge in [0.15, 0.2) is 11.5 Å². The van der Waals surface area contributed by atoms with Crippen molar-refractivity contribution in [1.29, 1.82) is 0 Å². The van der Waals surface area contributed by atoms with Crippen molar-refractivity contribution in [2.75, 3.05) is 13.7 Å². The lowest BCUT2D eigenvalue weighted by Gasteiger charge is -2.20. The molecule has 0 heterocycles. The van der Waals surface area contributed by atoms with Gasteiger partial charge in [0.25, 0.3) is 0 Å². The molecule has 0 radical (unpaired) electrons. The quantitative estimate of drug-likeness (QED) is 0.838. The van der Waals surface area contributed by atoms with Gasteiger partial charge >= 0.3 is 0 Å². The summed E-state index contributed by atoms with van der Waals surface area (Å²) in [7, 11) is 1.53. The van der Waals surface area contributed by atoms with E-state index in [4.69, 9.17) is 16.3 Å². The fraction of sp³-hybridized carbons (Fsp3) is 0.600. The summed E-state index contributed by atoms with van der Waals surface area (Å²) in [5.41, 5.74) is 1.24. The topological polar surface area (TPSA) is 41.5 Å². The Morgan fingerprint density at radius 3 is 2.63 bits per heavy atom. The largest absolute Gasteiger partial charge is 0.504 e. The van der Waals surface area contributed by atoms with Gasteiger partial charge in [-0.1, -0.05) is 25.4 Å². The Labute approximate surface area is 119 Å². The van der Waals surface area contributed by atoms with E-state index in [1.165, 1.54) is 20.0 Å². The van der Waals surface area contributed by atoms with E-state index >= 15 is 0 Å². The van der Waals surface area contributed by atoms with Gasteiger partial charge in [0.05, 0.1) is 7.11 Å². The Kier molecular flexibility index (Phi) is 4.26. The second-order valence-corrected chi connectivity index (χ2v) is 6.17. The Hall–Kier alpha value is -0.930. The van der Waals surface area contributed by atoms with Gasteiger partial charge in [-0.2, -0.15) is 0 Å². The summed E-state index contributed by atoms with van der Waals surface area (Å²) in [4.78, 5) is 0. The Morgan fingerprint density at radius 1 is 1.42 bits per heavy atom. The van der Waals surface area contributed by atoms with Crippen molar-refractivity contribution < 1.29 is 9.84 Å². The number of nitrogens with one attached hydrogen (secondary N) is 1. The second kappa shape index (κ2) is 5.59. The average Bonchev–Trinajstić information content (AvgIpc) is 3.14. The molecule has 0 amide bonds. The van der Waals surface area contributed by atoms with Gasteiger partial charge in [-0.3, -0.25) is 0 Å². The van der Waals surface area contributed by atoms with Gasteiger partial charge in [0, 0.05) is 29.7 Å². The Morgan fingerprint density at radius 2 is 2.11 bits per heavy atom. The number of hydrogen-bond donors (Lipinski definition) is 2. The summed E-state index contributed by atoms with van der Waals surface area (Å²) in [5.74, 6) is 1.30. The third-order valence-electron chi connectivity index (χ3n) is 4.25. The van der Waals surface area contributed by atoms with E-state index in [1.54, 1.807) is 12.1 Å². The van der Waals surface area contributed by atoms with Crippen LogP contribution in [-0.2, 0) is 6.54 Å². The fourth-order valence-corrected chi connectivity index (χ4v) is 2.71. The molecule has 0 atom stereocenters. The minimum atomic E-state index is 0.175. The number of hydrogen-bond acceptors (Lipinski definition) is 3. The van der Waals surface area contributed by atoms with E-state index in [0.717, 1.165) is 12.1 Å². The highest BCUT2D eigenvalue weighted by Gasteiger charge is 2.44. The van der Waals surface area contributed by atoms with E-state index in [0.29, 0.717) is 28.6 Å². The molecule has 1 aromatic rings. The molecule has 1 fully saturated rings. The third-order valence-corrected chi connectivity index (χ3v) is 4.47. The van der Waals surface area contributed by atoms with Crippen LogP contribution in [0.2, 0.25) is 5.02 Å². The van der Waals surface area contributed by atoms with Crippen LogP contribution in [0.4, 0.5) is 0 Å². The first kappa shape index (κ1) is 14.5. The van der Waals surface area contributed by atoms with Crippen LogP contribution in [0.3, 0.4) is 0 Å². The highest BCUT2D eigenvalue weighted by atomic mass is 35.5. The molecule has 1 aliphatic carbocycles. The molecule has 0 unspecified atom stereocenters. The first-order chi connectivity index (χ1) is 8.98. The van der Waals surface area contributed by atoms with Crippen LogP contribution in [0.5, 0.6) is 11.5 Å². The number of aromatic hydroxyl groups is 1. The zero-order chi connectivity index (χ0) is 14.0. The van der Waals surface area contributed by atoms with Gasteiger partial charge in [-0.05, 0) is 30.2 Å². The van der Waals surface area contributed by atoms with Crippen LogP contribution in [0.1, 0.15) is 32.3 Å². The first-order valence-corrected chi connectivity index (χ1v) is 7.12. The van der Waals surface area contributed by atoms with E-state index in [9.17, 15) is 5.11 Å². The molecule has 3 nitrogen and oxygen atoms in total. The third kappa shape index (κ3) is 3.15. The maximum absolute atomic E-state index is 10.0. The zero-order valence-electron chi connectivity index (χ0n) is 11.8. The molecular formula is C15H22ClNO2. The van der Waals surface area contributed by atoms with Crippen molar-refractivity contribution in [3.63, 3.8) is 0 Å². The van der Waals surface area contributed by atoms with Gasteiger partial charge < -0.3 is 15.2 Å². The molecule has 2 rings (SSSR count). The maximum atomic E-state index is 10.0. The molecule has 2 N–H and O–H groups in total. The summed E-state index contributed by atoms with van der Waals surface area (Å²) in [5, 5.41) is 14.1. The van der Waals surface area contributed by atoms with Crippen molar-refractivity contribution in [2.24, 2.45) is 11.3 Å². The van der Waals surface area contributed by atoms with Crippen molar-refractivity contribution >= 4 is 11.6 Å². The number of phenols is 1. The van der Waals surface area contributed by atoms with Gasteiger partial charge in [-0.15, -0.1) is 0 Å². The minimum Gasteiger partial charge on any atom is -0.504 e. The molecule has 0 spiro atoms. The highest BCUT2D eigenvalue weighted by Crippen LogP contribution is 2.51. The molecule has 0 bridgehead atoms. The van der Waals surface area contributed by atoms with Crippen molar-refractivity contribution in [2.45, 2.75) is 33.2 Å². The number of phenolic OH excluding ortho intramolecular Hbond substituents is 1. The monoisotopic (exact) mass is 283 g/mol.